The van der Waals surface area contributed by atoms with Gasteiger partial charge in [-0.15, -0.1) is 0 Å². The fraction of sp³-hybridized carbons (Fsp3) is 0.623. The molecule has 6 nitrogen and oxygen atoms in total. The first-order chi connectivity index (χ1) is 41.0. The molecular formula is C77H124O6. The number of carbonyl (C=O) groups is 3. The highest BCUT2D eigenvalue weighted by molar-refractivity contribution is 5.71. The maximum atomic E-state index is 12.9. The summed E-state index contributed by atoms with van der Waals surface area (Å²) < 4.78 is 16.9. The van der Waals surface area contributed by atoms with Crippen LogP contribution in [-0.4, -0.2) is 37.2 Å². The van der Waals surface area contributed by atoms with E-state index in [4.69, 9.17) is 14.2 Å². The number of esters is 3. The highest BCUT2D eigenvalue weighted by Crippen LogP contribution is 2.16. The van der Waals surface area contributed by atoms with Gasteiger partial charge in [-0.2, -0.15) is 0 Å². The summed E-state index contributed by atoms with van der Waals surface area (Å²) in [5.41, 5.74) is 0. The van der Waals surface area contributed by atoms with Gasteiger partial charge in [0.15, 0.2) is 6.10 Å². The lowest BCUT2D eigenvalue weighted by atomic mass is 10.0. The van der Waals surface area contributed by atoms with Gasteiger partial charge in [0.2, 0.25) is 0 Å². The van der Waals surface area contributed by atoms with Crippen LogP contribution in [0.15, 0.2) is 158 Å². The summed E-state index contributed by atoms with van der Waals surface area (Å²) in [6, 6.07) is 0. The first-order valence-corrected chi connectivity index (χ1v) is 34.0. The van der Waals surface area contributed by atoms with Crippen molar-refractivity contribution in [2.75, 3.05) is 13.2 Å². The van der Waals surface area contributed by atoms with Crippen LogP contribution >= 0.6 is 0 Å². The lowest BCUT2D eigenvalue weighted by Crippen LogP contribution is -2.30. The van der Waals surface area contributed by atoms with Crippen molar-refractivity contribution in [3.8, 4) is 0 Å². The number of allylic oxidation sites excluding steroid dienone is 26. The van der Waals surface area contributed by atoms with Crippen molar-refractivity contribution < 1.29 is 28.6 Å². The van der Waals surface area contributed by atoms with Crippen LogP contribution < -0.4 is 0 Å². The van der Waals surface area contributed by atoms with E-state index in [0.717, 1.165) is 167 Å². The van der Waals surface area contributed by atoms with E-state index in [1.807, 2.05) is 0 Å². The van der Waals surface area contributed by atoms with Crippen LogP contribution in [0, 0.1) is 0 Å². The smallest absolute Gasteiger partial charge is 0.306 e. The van der Waals surface area contributed by atoms with Crippen LogP contribution in [0.5, 0.6) is 0 Å². The Labute approximate surface area is 511 Å². The van der Waals surface area contributed by atoms with Gasteiger partial charge in [-0.1, -0.05) is 288 Å². The average molecular weight is 1150 g/mol. The van der Waals surface area contributed by atoms with Gasteiger partial charge in [0.1, 0.15) is 13.2 Å². The molecule has 0 heterocycles. The molecule has 0 spiro atoms. The van der Waals surface area contributed by atoms with E-state index in [9.17, 15) is 14.4 Å². The van der Waals surface area contributed by atoms with Gasteiger partial charge >= 0.3 is 17.9 Å². The van der Waals surface area contributed by atoms with Gasteiger partial charge in [-0.25, -0.2) is 0 Å². The molecule has 83 heavy (non-hydrogen) atoms. The summed E-state index contributed by atoms with van der Waals surface area (Å²) >= 11 is 0. The molecule has 0 aliphatic rings. The molecule has 0 N–H and O–H groups in total. The number of rotatable bonds is 60. The van der Waals surface area contributed by atoms with Crippen LogP contribution in [-0.2, 0) is 28.6 Å². The minimum Gasteiger partial charge on any atom is -0.462 e. The quantitative estimate of drug-likeness (QED) is 0.0261. The minimum atomic E-state index is -0.811. The number of ether oxygens (including phenoxy) is 3. The number of carbonyl (C=O) groups excluding carboxylic acids is 3. The van der Waals surface area contributed by atoms with Crippen molar-refractivity contribution in [2.45, 2.75) is 297 Å². The topological polar surface area (TPSA) is 78.9 Å². The number of hydrogen-bond acceptors (Lipinski definition) is 6. The molecule has 0 bridgehead atoms. The van der Waals surface area contributed by atoms with E-state index in [1.54, 1.807) is 0 Å². The van der Waals surface area contributed by atoms with Crippen molar-refractivity contribution in [2.24, 2.45) is 0 Å². The van der Waals surface area contributed by atoms with Crippen molar-refractivity contribution >= 4 is 17.9 Å². The standard InChI is InChI=1S/C77H124O6/c1-4-7-10-13-16-19-22-25-28-30-32-33-34-35-36-37-38-39-40-41-42-43-45-46-49-52-55-58-61-64-67-70-76(79)82-73-74(72-81-75(78)69-66-63-60-57-54-51-48-27-24-21-18-15-12-9-6-3)83-77(80)71-68-65-62-59-56-53-50-47-44-31-29-26-23-20-17-14-11-8-5-2/h7-12,16-21,25-29,32-33,35-36,44,47-48,53,56,74H,4-6,13-15,22-24,30-31,34,37-43,45-46,49-52,54-55,57-73H2,1-3H3/b10-7-,11-8-,12-9-,19-16-,20-17-,21-18-,28-25-,29-26-,33-32-,36-35-,47-44-,48-27-,56-53-. The molecule has 0 saturated carbocycles. The van der Waals surface area contributed by atoms with Crippen molar-refractivity contribution in [3.05, 3.63) is 158 Å². The zero-order chi connectivity index (χ0) is 59.9. The Bertz CT molecular complexity index is 1840. The van der Waals surface area contributed by atoms with Crippen LogP contribution in [0.2, 0.25) is 0 Å². The predicted molar refractivity (Wildman–Crippen MR) is 362 cm³/mol. The lowest BCUT2D eigenvalue weighted by molar-refractivity contribution is -0.167. The Morgan fingerprint density at radius 3 is 0.687 bits per heavy atom. The zero-order valence-corrected chi connectivity index (χ0v) is 53.7. The third kappa shape index (κ3) is 67.7. The number of hydrogen-bond donors (Lipinski definition) is 0. The summed E-state index contributed by atoms with van der Waals surface area (Å²) in [5, 5.41) is 0. The third-order valence-corrected chi connectivity index (χ3v) is 14.0. The first-order valence-electron chi connectivity index (χ1n) is 34.0. The molecule has 0 aromatic carbocycles. The molecule has 0 saturated heterocycles. The second-order valence-corrected chi connectivity index (χ2v) is 21.9. The average Bonchev–Trinajstić information content (AvgIpc) is 3.49. The molecule has 0 rings (SSSR count). The van der Waals surface area contributed by atoms with E-state index in [-0.39, 0.29) is 37.5 Å². The molecule has 468 valence electrons. The molecule has 0 aromatic rings. The van der Waals surface area contributed by atoms with Gasteiger partial charge in [0.05, 0.1) is 0 Å². The highest BCUT2D eigenvalue weighted by Gasteiger charge is 2.19. The SMILES string of the molecule is CC/C=C\C/C=C\C/C=C\C/C=C\C/C=C\CCCCCCCCCCCCCCCCCC(=O)OCC(COC(=O)CCCCCCC/C=C\C/C=C\C/C=C\CC)OC(=O)CCCCC/C=C\C/C=C\C/C=C\C/C=C\C/C=C\CC. The van der Waals surface area contributed by atoms with E-state index < -0.39 is 6.10 Å². The van der Waals surface area contributed by atoms with Gasteiger partial charge < -0.3 is 14.2 Å². The number of unbranched alkanes of at least 4 members (excludes halogenated alkanes) is 23. The molecule has 0 amide bonds. The summed E-state index contributed by atoms with van der Waals surface area (Å²) in [4.78, 5) is 38.4. The molecule has 0 aliphatic heterocycles. The second-order valence-electron chi connectivity index (χ2n) is 21.9. The predicted octanol–water partition coefficient (Wildman–Crippen LogP) is 23.7. The monoisotopic (exact) mass is 1140 g/mol. The van der Waals surface area contributed by atoms with Crippen molar-refractivity contribution in [1.82, 2.24) is 0 Å². The maximum absolute atomic E-state index is 12.9. The van der Waals surface area contributed by atoms with Gasteiger partial charge in [0, 0.05) is 19.3 Å². The van der Waals surface area contributed by atoms with E-state index in [1.165, 1.54) is 83.5 Å². The van der Waals surface area contributed by atoms with Crippen LogP contribution in [0.4, 0.5) is 0 Å². The molecule has 6 heteroatoms. The molecule has 1 atom stereocenters. The normalized spacial score (nSPS) is 13.1. The molecular weight excluding hydrogens is 1020 g/mol. The Morgan fingerprint density at radius 2 is 0.434 bits per heavy atom. The van der Waals surface area contributed by atoms with Crippen molar-refractivity contribution in [1.29, 1.82) is 0 Å². The van der Waals surface area contributed by atoms with E-state index in [2.05, 4.69) is 179 Å². The van der Waals surface area contributed by atoms with Crippen LogP contribution in [0.1, 0.15) is 290 Å². The Hall–Kier alpha value is -4.97. The maximum Gasteiger partial charge on any atom is 0.306 e. The van der Waals surface area contributed by atoms with E-state index >= 15 is 0 Å². The van der Waals surface area contributed by atoms with Gasteiger partial charge in [-0.05, 0) is 141 Å². The Kier molecular flexibility index (Phi) is 65.4. The fourth-order valence-corrected chi connectivity index (χ4v) is 9.04. The molecule has 0 aliphatic carbocycles. The highest BCUT2D eigenvalue weighted by atomic mass is 16.6. The summed E-state index contributed by atoms with van der Waals surface area (Å²) in [6.07, 6.45) is 101. The Balaban J connectivity index is 4.34. The third-order valence-electron chi connectivity index (χ3n) is 14.0. The molecule has 1 unspecified atom stereocenters. The summed E-state index contributed by atoms with van der Waals surface area (Å²) in [5.74, 6) is -0.950. The first kappa shape index (κ1) is 78.0. The minimum absolute atomic E-state index is 0.102. The van der Waals surface area contributed by atoms with Gasteiger partial charge in [-0.3, -0.25) is 14.4 Å². The largest absolute Gasteiger partial charge is 0.462 e. The van der Waals surface area contributed by atoms with E-state index in [0.29, 0.717) is 12.8 Å². The fourth-order valence-electron chi connectivity index (χ4n) is 9.04. The molecule has 0 aromatic heterocycles. The Morgan fingerprint density at radius 1 is 0.241 bits per heavy atom. The molecule has 0 radical (unpaired) electrons. The zero-order valence-electron chi connectivity index (χ0n) is 53.7. The van der Waals surface area contributed by atoms with Crippen LogP contribution in [0.25, 0.3) is 0 Å². The van der Waals surface area contributed by atoms with Crippen molar-refractivity contribution in [3.63, 3.8) is 0 Å². The lowest BCUT2D eigenvalue weighted by Gasteiger charge is -2.18. The van der Waals surface area contributed by atoms with Gasteiger partial charge in [0.25, 0.3) is 0 Å². The molecule has 0 fully saturated rings. The second kappa shape index (κ2) is 69.5. The summed E-state index contributed by atoms with van der Waals surface area (Å²) in [6.45, 7) is 6.27. The van der Waals surface area contributed by atoms with Crippen LogP contribution in [0.3, 0.4) is 0 Å². The summed E-state index contributed by atoms with van der Waals surface area (Å²) in [7, 11) is 0.